The number of nitrogens with one attached hydrogen (secondary N) is 1. The van der Waals surface area contributed by atoms with Crippen LogP contribution < -0.4 is 5.32 Å². The zero-order valence-corrected chi connectivity index (χ0v) is 15.2. The molecule has 1 aromatic rings. The number of benzene rings is 1. The van der Waals surface area contributed by atoms with Crippen LogP contribution in [0.2, 0.25) is 0 Å². The summed E-state index contributed by atoms with van der Waals surface area (Å²) in [5.74, 6) is 0. The molecule has 1 aliphatic rings. The highest BCUT2D eigenvalue weighted by Gasteiger charge is 2.32. The van der Waals surface area contributed by atoms with E-state index in [0.29, 0.717) is 11.8 Å². The summed E-state index contributed by atoms with van der Waals surface area (Å²) in [4.78, 5) is 13.1. The predicted octanol–water partition coefficient (Wildman–Crippen LogP) is 3.62. The van der Waals surface area contributed by atoms with Gasteiger partial charge >= 0.3 is 6.09 Å². The molecule has 4 nitrogen and oxygen atoms in total. The van der Waals surface area contributed by atoms with E-state index >= 15 is 0 Å². The summed E-state index contributed by atoms with van der Waals surface area (Å²) in [5, 5.41) is 13.0. The molecule has 1 aliphatic heterocycles. The average molecular weight is 337 g/mol. The maximum atomic E-state index is 11.8. The van der Waals surface area contributed by atoms with Gasteiger partial charge in [0.1, 0.15) is 5.60 Å². The molecule has 23 heavy (non-hydrogen) atoms. The van der Waals surface area contributed by atoms with E-state index in [9.17, 15) is 9.90 Å². The van der Waals surface area contributed by atoms with Crippen LogP contribution in [0.3, 0.4) is 0 Å². The lowest BCUT2D eigenvalue weighted by molar-refractivity contribution is 0.0472. The van der Waals surface area contributed by atoms with E-state index in [1.807, 2.05) is 39.5 Å². The first-order valence-electron chi connectivity index (χ1n) is 8.03. The maximum absolute atomic E-state index is 11.8. The molecule has 2 atom stereocenters. The van der Waals surface area contributed by atoms with Gasteiger partial charge in [-0.2, -0.15) is 0 Å². The van der Waals surface area contributed by atoms with E-state index in [-0.39, 0.29) is 12.0 Å². The lowest BCUT2D eigenvalue weighted by Crippen LogP contribution is -2.42. The van der Waals surface area contributed by atoms with E-state index in [4.69, 9.17) is 4.74 Å². The smallest absolute Gasteiger partial charge is 0.407 e. The summed E-state index contributed by atoms with van der Waals surface area (Å²) in [7, 11) is 0. The lowest BCUT2D eigenvalue weighted by Gasteiger charge is -2.30. The summed E-state index contributed by atoms with van der Waals surface area (Å²) in [6, 6.07) is 8.44. The number of fused-ring (bicyclic) bond motifs is 1. The fourth-order valence-electron chi connectivity index (χ4n) is 2.71. The second kappa shape index (κ2) is 7.14. The van der Waals surface area contributed by atoms with E-state index in [1.165, 1.54) is 10.5 Å². The lowest BCUT2D eigenvalue weighted by atomic mass is 9.85. The molecule has 2 rings (SSSR count). The molecule has 0 spiro atoms. The topological polar surface area (TPSA) is 58.6 Å². The highest BCUT2D eigenvalue weighted by atomic mass is 32.2. The normalized spacial score (nSPS) is 19.8. The van der Waals surface area contributed by atoms with Crippen molar-refractivity contribution in [3.8, 4) is 0 Å². The van der Waals surface area contributed by atoms with Crippen molar-refractivity contribution < 1.29 is 14.6 Å². The Morgan fingerprint density at radius 2 is 2.04 bits per heavy atom. The zero-order valence-electron chi connectivity index (χ0n) is 14.4. The number of ether oxygens (including phenoxy) is 1. The Hall–Kier alpha value is -1.20. The molecular weight excluding hydrogens is 310 g/mol. The monoisotopic (exact) mass is 337 g/mol. The van der Waals surface area contributed by atoms with Gasteiger partial charge in [-0.1, -0.05) is 25.1 Å². The number of aliphatic hydroxyl groups excluding tert-OH is 1. The van der Waals surface area contributed by atoms with Crippen molar-refractivity contribution in [2.24, 2.45) is 5.41 Å². The van der Waals surface area contributed by atoms with Crippen LogP contribution in [0.5, 0.6) is 0 Å². The third kappa shape index (κ3) is 5.43. The van der Waals surface area contributed by atoms with Gasteiger partial charge in [-0.25, -0.2) is 4.79 Å². The highest BCUT2D eigenvalue weighted by Crippen LogP contribution is 2.41. The van der Waals surface area contributed by atoms with Crippen LogP contribution in [0, 0.1) is 5.41 Å². The fourth-order valence-corrected chi connectivity index (χ4v) is 4.28. The van der Waals surface area contributed by atoms with Crippen molar-refractivity contribution in [3.05, 3.63) is 29.8 Å². The summed E-state index contributed by atoms with van der Waals surface area (Å²) >= 11 is 1.87. The molecule has 0 radical (unpaired) electrons. The van der Waals surface area contributed by atoms with Crippen molar-refractivity contribution in [1.82, 2.24) is 5.32 Å². The van der Waals surface area contributed by atoms with Crippen molar-refractivity contribution in [1.29, 1.82) is 0 Å². The number of thioether (sulfide) groups is 1. The number of aliphatic hydroxyl groups is 1. The molecule has 0 saturated carbocycles. The standard InChI is InChI=1S/C18H27NO3S/c1-17(2,3)22-16(21)19-11-18(4,12-20)10-14-9-13-7-5-6-8-15(13)23-14/h5-8,14,20H,9-12H2,1-4H3,(H,19,21). The molecule has 1 aromatic carbocycles. The Bertz CT molecular complexity index is 530. The first kappa shape index (κ1) is 18.1. The van der Waals surface area contributed by atoms with Gasteiger partial charge in [0.15, 0.2) is 0 Å². The molecule has 0 fully saturated rings. The Balaban J connectivity index is 1.88. The molecule has 2 N–H and O–H groups in total. The third-order valence-electron chi connectivity index (χ3n) is 3.87. The predicted molar refractivity (Wildman–Crippen MR) is 93.8 cm³/mol. The largest absolute Gasteiger partial charge is 0.444 e. The van der Waals surface area contributed by atoms with Crippen molar-refractivity contribution in [3.63, 3.8) is 0 Å². The molecule has 5 heteroatoms. The molecule has 128 valence electrons. The number of hydrogen-bond acceptors (Lipinski definition) is 4. The van der Waals surface area contributed by atoms with Crippen LogP contribution in [-0.4, -0.2) is 35.2 Å². The summed E-state index contributed by atoms with van der Waals surface area (Å²) < 4.78 is 5.26. The average Bonchev–Trinajstić information content (AvgIpc) is 2.85. The Morgan fingerprint density at radius 3 is 2.65 bits per heavy atom. The van der Waals surface area contributed by atoms with Crippen LogP contribution in [0.25, 0.3) is 0 Å². The van der Waals surface area contributed by atoms with Gasteiger partial charge in [-0.05, 0) is 45.2 Å². The van der Waals surface area contributed by atoms with Crippen LogP contribution in [0.1, 0.15) is 39.7 Å². The summed E-state index contributed by atoms with van der Waals surface area (Å²) in [6.07, 6.45) is 1.43. The van der Waals surface area contributed by atoms with Gasteiger partial charge in [0.05, 0.1) is 6.61 Å². The van der Waals surface area contributed by atoms with E-state index in [2.05, 4.69) is 29.6 Å². The van der Waals surface area contributed by atoms with E-state index < -0.39 is 11.7 Å². The fraction of sp³-hybridized carbons (Fsp3) is 0.611. The van der Waals surface area contributed by atoms with Crippen molar-refractivity contribution >= 4 is 17.9 Å². The number of amides is 1. The SMILES string of the molecule is CC(CO)(CNC(=O)OC(C)(C)C)CC1Cc2ccccc2S1. The molecule has 0 aliphatic carbocycles. The molecule has 0 aromatic heterocycles. The van der Waals surface area contributed by atoms with Crippen molar-refractivity contribution in [2.75, 3.05) is 13.2 Å². The van der Waals surface area contributed by atoms with Gasteiger partial charge in [0.25, 0.3) is 0 Å². The second-order valence-corrected chi connectivity index (χ2v) is 8.92. The van der Waals surface area contributed by atoms with Crippen LogP contribution in [0.4, 0.5) is 4.79 Å². The molecule has 2 unspecified atom stereocenters. The Kier molecular flexibility index (Phi) is 5.63. The minimum Gasteiger partial charge on any atom is -0.444 e. The number of carbonyl (C=O) groups is 1. The van der Waals surface area contributed by atoms with Crippen LogP contribution in [0.15, 0.2) is 29.2 Å². The van der Waals surface area contributed by atoms with Gasteiger partial charge in [-0.3, -0.25) is 0 Å². The van der Waals surface area contributed by atoms with Crippen LogP contribution >= 0.6 is 11.8 Å². The summed E-state index contributed by atoms with van der Waals surface area (Å²) in [6.45, 7) is 7.97. The first-order chi connectivity index (χ1) is 10.7. The van der Waals surface area contributed by atoms with E-state index in [1.54, 1.807) is 0 Å². The van der Waals surface area contributed by atoms with Gasteiger partial charge in [0, 0.05) is 22.1 Å². The van der Waals surface area contributed by atoms with Gasteiger partial charge in [0.2, 0.25) is 0 Å². The number of hydrogen-bond donors (Lipinski definition) is 2. The number of carbonyl (C=O) groups excluding carboxylic acids is 1. The minimum absolute atomic E-state index is 0.0379. The zero-order chi connectivity index (χ0) is 17.1. The maximum Gasteiger partial charge on any atom is 0.407 e. The Labute approximate surface area is 143 Å². The van der Waals surface area contributed by atoms with Crippen molar-refractivity contribution in [2.45, 2.75) is 56.3 Å². The number of rotatable bonds is 5. The van der Waals surface area contributed by atoms with Gasteiger partial charge in [-0.15, -0.1) is 11.8 Å². The third-order valence-corrected chi connectivity index (χ3v) is 5.19. The minimum atomic E-state index is -0.511. The summed E-state index contributed by atoms with van der Waals surface area (Å²) in [5.41, 5.74) is 0.516. The molecular formula is C18H27NO3S. The first-order valence-corrected chi connectivity index (χ1v) is 8.91. The highest BCUT2D eigenvalue weighted by molar-refractivity contribution is 8.00. The number of alkyl carbamates (subject to hydrolysis) is 1. The van der Waals surface area contributed by atoms with Crippen LogP contribution in [-0.2, 0) is 11.2 Å². The second-order valence-electron chi connectivity index (χ2n) is 7.58. The Morgan fingerprint density at radius 1 is 1.35 bits per heavy atom. The van der Waals surface area contributed by atoms with E-state index in [0.717, 1.165) is 12.8 Å². The molecule has 1 amide bonds. The molecule has 1 heterocycles. The van der Waals surface area contributed by atoms with Gasteiger partial charge < -0.3 is 15.2 Å². The molecule has 0 bridgehead atoms. The molecule has 0 saturated heterocycles. The quantitative estimate of drug-likeness (QED) is 0.861.